The maximum Gasteiger partial charge on any atom is 0.272 e. The maximum atomic E-state index is 11.9. The minimum atomic E-state index is 0.0170. The highest BCUT2D eigenvalue weighted by Crippen LogP contribution is 2.33. The molecule has 2 heterocycles. The van der Waals surface area contributed by atoms with Gasteiger partial charge in [0.1, 0.15) is 12.0 Å². The van der Waals surface area contributed by atoms with E-state index in [1.54, 1.807) is 12.3 Å². The first-order valence-corrected chi connectivity index (χ1v) is 5.20. The molecular weight excluding hydrogens is 190 g/mol. The van der Waals surface area contributed by atoms with Crippen LogP contribution >= 0.6 is 0 Å². The van der Waals surface area contributed by atoms with Crippen LogP contribution in [-0.4, -0.2) is 33.9 Å². The molecule has 0 radical (unpaired) electrons. The van der Waals surface area contributed by atoms with Crippen LogP contribution in [0.3, 0.4) is 0 Å². The minimum absolute atomic E-state index is 0.0170. The molecule has 1 aliphatic heterocycles. The molecule has 4 nitrogen and oxygen atoms in total. The van der Waals surface area contributed by atoms with E-state index in [-0.39, 0.29) is 5.91 Å². The van der Waals surface area contributed by atoms with Gasteiger partial charge in [-0.25, -0.2) is 9.97 Å². The first-order valence-electron chi connectivity index (χ1n) is 5.20. The van der Waals surface area contributed by atoms with Gasteiger partial charge >= 0.3 is 0 Å². The lowest BCUT2D eigenvalue weighted by Crippen LogP contribution is -2.56. The molecule has 0 atom stereocenters. The van der Waals surface area contributed by atoms with E-state index in [1.807, 2.05) is 4.90 Å². The molecule has 0 spiro atoms. The fourth-order valence-corrected chi connectivity index (χ4v) is 1.82. The highest BCUT2D eigenvalue weighted by molar-refractivity contribution is 5.92. The Morgan fingerprint density at radius 3 is 2.87 bits per heavy atom. The molecule has 1 aromatic rings. The first kappa shape index (κ1) is 10.1. The van der Waals surface area contributed by atoms with Crippen LogP contribution in [0.5, 0.6) is 0 Å². The van der Waals surface area contributed by atoms with Crippen molar-refractivity contribution in [1.29, 1.82) is 0 Å². The highest BCUT2D eigenvalue weighted by Gasteiger charge is 2.40. The first-order chi connectivity index (χ1) is 7.14. The number of nitrogens with zero attached hydrogens (tertiary/aromatic N) is 3. The van der Waals surface area contributed by atoms with Gasteiger partial charge in [0.05, 0.1) is 0 Å². The molecule has 0 saturated carbocycles. The maximum absolute atomic E-state index is 11.9. The second kappa shape index (κ2) is 3.61. The van der Waals surface area contributed by atoms with Crippen molar-refractivity contribution in [3.63, 3.8) is 0 Å². The number of rotatable bonds is 2. The zero-order valence-electron chi connectivity index (χ0n) is 9.10. The van der Waals surface area contributed by atoms with Gasteiger partial charge in [-0.1, -0.05) is 13.8 Å². The van der Waals surface area contributed by atoms with E-state index in [0.29, 0.717) is 11.1 Å². The Kier molecular flexibility index (Phi) is 2.42. The Balaban J connectivity index is 2.01. The van der Waals surface area contributed by atoms with Gasteiger partial charge < -0.3 is 4.90 Å². The Hall–Kier alpha value is -1.45. The van der Waals surface area contributed by atoms with Crippen LogP contribution in [0.25, 0.3) is 0 Å². The van der Waals surface area contributed by atoms with Crippen molar-refractivity contribution in [2.45, 2.75) is 20.3 Å². The minimum Gasteiger partial charge on any atom is -0.336 e. The van der Waals surface area contributed by atoms with Crippen LogP contribution in [0.4, 0.5) is 0 Å². The van der Waals surface area contributed by atoms with Crippen LogP contribution in [0.15, 0.2) is 18.6 Å². The topological polar surface area (TPSA) is 46.1 Å². The molecule has 1 fully saturated rings. The summed E-state index contributed by atoms with van der Waals surface area (Å²) in [4.78, 5) is 21.5. The Labute approximate surface area is 89.3 Å². The number of amides is 1. The van der Waals surface area contributed by atoms with E-state index in [2.05, 4.69) is 23.8 Å². The molecule has 0 bridgehead atoms. The van der Waals surface area contributed by atoms with Crippen molar-refractivity contribution in [1.82, 2.24) is 14.9 Å². The Morgan fingerprint density at radius 2 is 2.33 bits per heavy atom. The quantitative estimate of drug-likeness (QED) is 0.732. The van der Waals surface area contributed by atoms with E-state index >= 15 is 0 Å². The Morgan fingerprint density at radius 1 is 1.60 bits per heavy atom. The van der Waals surface area contributed by atoms with Crippen molar-refractivity contribution < 1.29 is 4.79 Å². The highest BCUT2D eigenvalue weighted by atomic mass is 16.2. The molecule has 2 rings (SSSR count). The van der Waals surface area contributed by atoms with Gasteiger partial charge in [0.15, 0.2) is 0 Å². The molecule has 4 heteroatoms. The number of carbonyl (C=O) groups excluding carboxylic acids is 1. The third-order valence-corrected chi connectivity index (χ3v) is 3.09. The molecule has 80 valence electrons. The summed E-state index contributed by atoms with van der Waals surface area (Å²) in [5, 5.41) is 0. The van der Waals surface area contributed by atoms with Crippen LogP contribution in [0.1, 0.15) is 30.8 Å². The van der Waals surface area contributed by atoms with Gasteiger partial charge in [0.25, 0.3) is 5.91 Å². The summed E-state index contributed by atoms with van der Waals surface area (Å²) >= 11 is 0. The predicted octanol–water partition coefficient (Wildman–Crippen LogP) is 1.35. The van der Waals surface area contributed by atoms with Crippen molar-refractivity contribution in [3.8, 4) is 0 Å². The van der Waals surface area contributed by atoms with Crippen molar-refractivity contribution in [3.05, 3.63) is 24.3 Å². The lowest BCUT2D eigenvalue weighted by atomic mass is 9.79. The largest absolute Gasteiger partial charge is 0.336 e. The van der Waals surface area contributed by atoms with Crippen LogP contribution in [0.2, 0.25) is 0 Å². The number of hydrogen-bond donors (Lipinski definition) is 0. The van der Waals surface area contributed by atoms with Crippen LogP contribution < -0.4 is 0 Å². The second-order valence-corrected chi connectivity index (χ2v) is 4.42. The summed E-state index contributed by atoms with van der Waals surface area (Å²) in [6.07, 6.45) is 4.12. The summed E-state index contributed by atoms with van der Waals surface area (Å²) in [6, 6.07) is 1.66. The molecule has 1 aliphatic rings. The average Bonchev–Trinajstić information content (AvgIpc) is 2.25. The molecule has 1 amide bonds. The summed E-state index contributed by atoms with van der Waals surface area (Å²) in [7, 11) is 0. The van der Waals surface area contributed by atoms with E-state index < -0.39 is 0 Å². The Bertz CT molecular complexity index is 357. The lowest BCUT2D eigenvalue weighted by Gasteiger charge is -2.47. The standard InChI is InChI=1S/C11H15N3O/c1-3-11(2)6-14(7-11)10(15)9-4-5-12-8-13-9/h4-5,8H,3,6-7H2,1-2H3. The van der Waals surface area contributed by atoms with Gasteiger partial charge in [-0.2, -0.15) is 0 Å². The molecule has 15 heavy (non-hydrogen) atoms. The summed E-state index contributed by atoms with van der Waals surface area (Å²) in [5.74, 6) is 0.0170. The number of hydrogen-bond acceptors (Lipinski definition) is 3. The van der Waals surface area contributed by atoms with Gasteiger partial charge in [-0.15, -0.1) is 0 Å². The summed E-state index contributed by atoms with van der Waals surface area (Å²) in [6.45, 7) is 6.04. The average molecular weight is 205 g/mol. The van der Waals surface area contributed by atoms with Crippen molar-refractivity contribution in [2.75, 3.05) is 13.1 Å². The van der Waals surface area contributed by atoms with Gasteiger partial charge in [-0.3, -0.25) is 4.79 Å². The number of carbonyl (C=O) groups is 1. The molecule has 1 saturated heterocycles. The third-order valence-electron chi connectivity index (χ3n) is 3.09. The third kappa shape index (κ3) is 1.84. The summed E-state index contributed by atoms with van der Waals surface area (Å²) in [5.41, 5.74) is 0.797. The molecule has 1 aromatic heterocycles. The summed E-state index contributed by atoms with van der Waals surface area (Å²) < 4.78 is 0. The fraction of sp³-hybridized carbons (Fsp3) is 0.545. The number of likely N-dealkylation sites (tertiary alicyclic amines) is 1. The smallest absolute Gasteiger partial charge is 0.272 e. The normalized spacial score (nSPS) is 18.4. The zero-order chi connectivity index (χ0) is 10.9. The molecule has 0 aliphatic carbocycles. The van der Waals surface area contributed by atoms with Crippen molar-refractivity contribution in [2.24, 2.45) is 5.41 Å². The van der Waals surface area contributed by atoms with Gasteiger partial charge in [0, 0.05) is 24.7 Å². The van der Waals surface area contributed by atoms with Gasteiger partial charge in [-0.05, 0) is 12.5 Å². The lowest BCUT2D eigenvalue weighted by molar-refractivity contribution is 0.0129. The van der Waals surface area contributed by atoms with E-state index in [0.717, 1.165) is 19.5 Å². The van der Waals surface area contributed by atoms with Crippen LogP contribution in [-0.2, 0) is 0 Å². The van der Waals surface area contributed by atoms with Crippen LogP contribution in [0, 0.1) is 5.41 Å². The fourth-order valence-electron chi connectivity index (χ4n) is 1.82. The second-order valence-electron chi connectivity index (χ2n) is 4.42. The predicted molar refractivity (Wildman–Crippen MR) is 56.3 cm³/mol. The van der Waals surface area contributed by atoms with E-state index in [4.69, 9.17) is 0 Å². The van der Waals surface area contributed by atoms with Gasteiger partial charge in [0.2, 0.25) is 0 Å². The van der Waals surface area contributed by atoms with E-state index in [9.17, 15) is 4.79 Å². The monoisotopic (exact) mass is 205 g/mol. The molecular formula is C11H15N3O. The van der Waals surface area contributed by atoms with E-state index in [1.165, 1.54) is 6.33 Å². The van der Waals surface area contributed by atoms with Crippen molar-refractivity contribution >= 4 is 5.91 Å². The molecule has 0 N–H and O–H groups in total. The molecule has 0 aromatic carbocycles. The zero-order valence-corrected chi connectivity index (χ0v) is 9.10. The number of aromatic nitrogens is 2. The molecule has 0 unspecified atom stereocenters. The SMILES string of the molecule is CCC1(C)CN(C(=O)c2ccncn2)C1.